The molecule has 1 N–H and O–H groups in total. The zero-order valence-electron chi connectivity index (χ0n) is 17.9. The molecule has 1 amide bonds. The van der Waals surface area contributed by atoms with Crippen molar-refractivity contribution >= 4 is 28.3 Å². The number of hydrogen-bond donors (Lipinski definition) is 1. The number of nitrogens with zero attached hydrogens (tertiary/aromatic N) is 3. The lowest BCUT2D eigenvalue weighted by Crippen LogP contribution is -2.53. The second kappa shape index (κ2) is 6.20. The number of rotatable bonds is 2. The number of amides is 1. The van der Waals surface area contributed by atoms with Gasteiger partial charge < -0.3 is 10.2 Å². The second-order valence-corrected chi connectivity index (χ2v) is 8.58. The number of hydrogen-bond acceptors (Lipinski definition) is 3. The molecule has 1 unspecified atom stereocenters. The van der Waals surface area contributed by atoms with Crippen molar-refractivity contribution in [3.63, 3.8) is 0 Å². The highest BCUT2D eigenvalue weighted by Gasteiger charge is 2.56. The first kappa shape index (κ1) is 18.2. The molecule has 31 heavy (non-hydrogen) atoms. The van der Waals surface area contributed by atoms with Gasteiger partial charge in [0, 0.05) is 23.4 Å². The normalized spacial score (nSPS) is 18.8. The van der Waals surface area contributed by atoms with Crippen molar-refractivity contribution in [2.45, 2.75) is 32.9 Å². The largest absolute Gasteiger partial charge is 0.350 e. The standard InChI is InChI=1S/C26H24N4O/c1-4-13-29-23-17(3)14-16(2)15-19(23)26(25(29)31)28-20-10-6-5-9-18(20)24-27-21-11-7-8-12-22(21)30(24)26/h5-12,14-15,28H,4,13H2,1-3H3. The van der Waals surface area contributed by atoms with Gasteiger partial charge in [-0.3, -0.25) is 9.36 Å². The number of benzene rings is 3. The van der Waals surface area contributed by atoms with Gasteiger partial charge in [0.25, 0.3) is 5.91 Å². The van der Waals surface area contributed by atoms with Crippen LogP contribution in [0.1, 0.15) is 30.0 Å². The Morgan fingerprint density at radius 3 is 2.65 bits per heavy atom. The molecule has 1 atom stereocenters. The van der Waals surface area contributed by atoms with Crippen LogP contribution in [0.4, 0.5) is 11.4 Å². The fourth-order valence-corrected chi connectivity index (χ4v) is 5.36. The lowest BCUT2D eigenvalue weighted by molar-refractivity contribution is -0.123. The number of anilines is 2. The van der Waals surface area contributed by atoms with Gasteiger partial charge in [-0.2, -0.15) is 0 Å². The average Bonchev–Trinajstić information content (AvgIpc) is 3.26. The first-order chi connectivity index (χ1) is 15.1. The topological polar surface area (TPSA) is 50.2 Å². The number of imidazole rings is 1. The Bertz CT molecular complexity index is 1390. The van der Waals surface area contributed by atoms with Gasteiger partial charge in [0.05, 0.1) is 16.7 Å². The zero-order valence-corrected chi connectivity index (χ0v) is 17.9. The fourth-order valence-electron chi connectivity index (χ4n) is 5.36. The first-order valence-electron chi connectivity index (χ1n) is 10.9. The molecule has 0 fully saturated rings. The van der Waals surface area contributed by atoms with E-state index in [9.17, 15) is 4.79 Å². The number of para-hydroxylation sites is 3. The number of aryl methyl sites for hydroxylation is 2. The number of carbonyl (C=O) groups excluding carboxylic acids is 1. The van der Waals surface area contributed by atoms with Gasteiger partial charge in [-0.15, -0.1) is 0 Å². The predicted molar refractivity (Wildman–Crippen MR) is 124 cm³/mol. The monoisotopic (exact) mass is 408 g/mol. The Balaban J connectivity index is 1.78. The van der Waals surface area contributed by atoms with E-state index in [1.807, 2.05) is 41.3 Å². The molecular formula is C26H24N4O. The molecule has 3 heterocycles. The van der Waals surface area contributed by atoms with E-state index in [-0.39, 0.29) is 5.91 Å². The van der Waals surface area contributed by atoms with Crippen molar-refractivity contribution < 1.29 is 4.79 Å². The Kier molecular flexibility index (Phi) is 3.64. The van der Waals surface area contributed by atoms with E-state index in [2.05, 4.69) is 54.9 Å². The summed E-state index contributed by atoms with van der Waals surface area (Å²) in [6.07, 6.45) is 0.892. The molecule has 1 spiro atoms. The van der Waals surface area contributed by atoms with E-state index >= 15 is 0 Å². The molecule has 0 bridgehead atoms. The molecule has 3 aromatic carbocycles. The molecule has 5 nitrogen and oxygen atoms in total. The summed E-state index contributed by atoms with van der Waals surface area (Å²) in [4.78, 5) is 21.3. The third kappa shape index (κ3) is 2.21. The molecule has 0 saturated carbocycles. The van der Waals surface area contributed by atoms with Crippen molar-refractivity contribution in [3.05, 3.63) is 77.4 Å². The van der Waals surface area contributed by atoms with Gasteiger partial charge in [0.2, 0.25) is 5.66 Å². The lowest BCUT2D eigenvalue weighted by atomic mass is 9.92. The Morgan fingerprint density at radius 2 is 1.81 bits per heavy atom. The van der Waals surface area contributed by atoms with Crippen LogP contribution in [0, 0.1) is 13.8 Å². The maximum Gasteiger partial charge on any atom is 0.279 e. The van der Waals surface area contributed by atoms with Gasteiger partial charge in [-0.1, -0.05) is 42.8 Å². The Labute approximate surface area is 181 Å². The van der Waals surface area contributed by atoms with Gasteiger partial charge in [-0.05, 0) is 56.2 Å². The zero-order chi connectivity index (χ0) is 21.3. The van der Waals surface area contributed by atoms with Crippen LogP contribution in [0.3, 0.4) is 0 Å². The number of aromatic nitrogens is 2. The van der Waals surface area contributed by atoms with Crippen molar-refractivity contribution in [3.8, 4) is 11.4 Å². The second-order valence-electron chi connectivity index (χ2n) is 8.58. The minimum atomic E-state index is -1.05. The van der Waals surface area contributed by atoms with Crippen molar-refractivity contribution in [2.75, 3.05) is 16.8 Å². The summed E-state index contributed by atoms with van der Waals surface area (Å²) < 4.78 is 2.13. The van der Waals surface area contributed by atoms with Crippen LogP contribution in [0.25, 0.3) is 22.4 Å². The van der Waals surface area contributed by atoms with E-state index < -0.39 is 5.66 Å². The predicted octanol–water partition coefficient (Wildman–Crippen LogP) is 5.20. The van der Waals surface area contributed by atoms with Gasteiger partial charge >= 0.3 is 0 Å². The van der Waals surface area contributed by atoms with Gasteiger partial charge in [0.15, 0.2) is 0 Å². The molecule has 154 valence electrons. The van der Waals surface area contributed by atoms with Crippen molar-refractivity contribution in [2.24, 2.45) is 0 Å². The third-order valence-corrected chi connectivity index (χ3v) is 6.49. The molecule has 6 rings (SSSR count). The van der Waals surface area contributed by atoms with Crippen LogP contribution in [0.5, 0.6) is 0 Å². The van der Waals surface area contributed by atoms with E-state index in [1.165, 1.54) is 0 Å². The SMILES string of the molecule is CCCN1C(=O)C2(Nc3ccccc3-c3nc4ccccc4n32)c2cc(C)cc(C)c21. The molecule has 2 aliphatic heterocycles. The van der Waals surface area contributed by atoms with E-state index in [0.29, 0.717) is 6.54 Å². The van der Waals surface area contributed by atoms with Crippen LogP contribution >= 0.6 is 0 Å². The molecule has 0 radical (unpaired) electrons. The maximum atomic E-state index is 14.3. The van der Waals surface area contributed by atoms with Gasteiger partial charge in [-0.25, -0.2) is 4.98 Å². The van der Waals surface area contributed by atoms with Crippen molar-refractivity contribution in [1.29, 1.82) is 0 Å². The minimum absolute atomic E-state index is 0.0527. The molecule has 4 aromatic rings. The summed E-state index contributed by atoms with van der Waals surface area (Å²) in [5.41, 5.74) is 7.03. The summed E-state index contributed by atoms with van der Waals surface area (Å²) in [6.45, 7) is 6.99. The summed E-state index contributed by atoms with van der Waals surface area (Å²) in [6, 6.07) is 20.5. The summed E-state index contributed by atoms with van der Waals surface area (Å²) >= 11 is 0. The molecule has 5 heteroatoms. The van der Waals surface area contributed by atoms with Crippen LogP contribution in [-0.2, 0) is 10.5 Å². The number of carbonyl (C=O) groups is 1. The van der Waals surface area contributed by atoms with Crippen LogP contribution < -0.4 is 10.2 Å². The highest BCUT2D eigenvalue weighted by Crippen LogP contribution is 2.51. The number of nitrogens with one attached hydrogen (secondary N) is 1. The molecule has 1 aromatic heterocycles. The summed E-state index contributed by atoms with van der Waals surface area (Å²) in [5, 5.41) is 3.69. The summed E-state index contributed by atoms with van der Waals surface area (Å²) in [5.74, 6) is 0.879. The van der Waals surface area contributed by atoms with Crippen molar-refractivity contribution in [1.82, 2.24) is 9.55 Å². The van der Waals surface area contributed by atoms with Gasteiger partial charge in [0.1, 0.15) is 5.82 Å². The molecule has 0 aliphatic carbocycles. The summed E-state index contributed by atoms with van der Waals surface area (Å²) in [7, 11) is 0. The highest BCUT2D eigenvalue weighted by atomic mass is 16.2. The molecular weight excluding hydrogens is 384 g/mol. The molecule has 0 saturated heterocycles. The third-order valence-electron chi connectivity index (χ3n) is 6.49. The van der Waals surface area contributed by atoms with Crippen LogP contribution in [-0.4, -0.2) is 22.0 Å². The van der Waals surface area contributed by atoms with Crippen LogP contribution in [0.15, 0.2) is 60.7 Å². The Hall–Kier alpha value is -3.60. The molecule has 2 aliphatic rings. The fraction of sp³-hybridized carbons (Fsp3) is 0.231. The highest BCUT2D eigenvalue weighted by molar-refractivity contribution is 6.12. The average molecular weight is 409 g/mol. The van der Waals surface area contributed by atoms with E-state index in [1.54, 1.807) is 0 Å². The Morgan fingerprint density at radius 1 is 1.03 bits per heavy atom. The maximum absolute atomic E-state index is 14.3. The smallest absolute Gasteiger partial charge is 0.279 e. The number of fused-ring (bicyclic) bond motifs is 8. The minimum Gasteiger partial charge on any atom is -0.350 e. The van der Waals surface area contributed by atoms with E-state index in [4.69, 9.17) is 4.98 Å². The quantitative estimate of drug-likeness (QED) is 0.496. The lowest BCUT2D eigenvalue weighted by Gasteiger charge is -2.38. The van der Waals surface area contributed by atoms with E-state index in [0.717, 1.165) is 56.9 Å². The first-order valence-corrected chi connectivity index (χ1v) is 10.9. The van der Waals surface area contributed by atoms with Crippen LogP contribution in [0.2, 0.25) is 0 Å².